The highest BCUT2D eigenvalue weighted by molar-refractivity contribution is 9.09. The van der Waals surface area contributed by atoms with Crippen molar-refractivity contribution in [2.24, 2.45) is 5.92 Å². The van der Waals surface area contributed by atoms with E-state index < -0.39 is 10.0 Å². The Morgan fingerprint density at radius 2 is 1.72 bits per heavy atom. The fourth-order valence-corrected chi connectivity index (χ4v) is 5.56. The first-order valence-electron chi connectivity index (χ1n) is 7.19. The van der Waals surface area contributed by atoms with E-state index in [9.17, 15) is 8.42 Å². The molecule has 5 heteroatoms. The molecule has 0 spiro atoms. The van der Waals surface area contributed by atoms with E-state index in [1.807, 2.05) is 0 Å². The summed E-state index contributed by atoms with van der Waals surface area (Å²) in [4.78, 5) is 0. The topological polar surface area (TPSA) is 37.4 Å². The monoisotopic (exact) mass is 337 g/mol. The molecule has 0 atom stereocenters. The Bertz CT molecular complexity index is 348. The van der Waals surface area contributed by atoms with Crippen molar-refractivity contribution in [1.82, 2.24) is 4.31 Å². The Morgan fingerprint density at radius 3 is 2.22 bits per heavy atom. The summed E-state index contributed by atoms with van der Waals surface area (Å²) in [6, 6.07) is 0.272. The second kappa shape index (κ2) is 6.71. The van der Waals surface area contributed by atoms with Gasteiger partial charge in [-0.3, -0.25) is 0 Å². The molecule has 2 aliphatic carbocycles. The molecule has 2 saturated carbocycles. The first kappa shape index (κ1) is 14.8. The molecule has 0 unspecified atom stereocenters. The zero-order valence-corrected chi connectivity index (χ0v) is 13.4. The molecule has 3 nitrogen and oxygen atoms in total. The summed E-state index contributed by atoms with van der Waals surface area (Å²) in [5, 5.41) is 0.742. The van der Waals surface area contributed by atoms with E-state index in [-0.39, 0.29) is 6.04 Å². The zero-order chi connectivity index (χ0) is 13.0. The van der Waals surface area contributed by atoms with Gasteiger partial charge in [0.1, 0.15) is 0 Å². The summed E-state index contributed by atoms with van der Waals surface area (Å²) >= 11 is 3.39. The van der Waals surface area contributed by atoms with Crippen molar-refractivity contribution in [2.45, 2.75) is 57.4 Å². The molecule has 2 fully saturated rings. The molecule has 0 aliphatic heterocycles. The standard InChI is InChI=1S/C13H24BrNO2S/c14-9-10-15(13-6-1-2-7-13)18(16,17)11-8-12-4-3-5-12/h12-13H,1-11H2. The third kappa shape index (κ3) is 3.70. The molecule has 0 heterocycles. The molecule has 0 bridgehead atoms. The van der Waals surface area contributed by atoms with Gasteiger partial charge < -0.3 is 0 Å². The molecule has 106 valence electrons. The lowest BCUT2D eigenvalue weighted by Crippen LogP contribution is -2.41. The van der Waals surface area contributed by atoms with E-state index >= 15 is 0 Å². The van der Waals surface area contributed by atoms with E-state index in [1.165, 1.54) is 32.1 Å². The van der Waals surface area contributed by atoms with E-state index in [2.05, 4.69) is 15.9 Å². The van der Waals surface area contributed by atoms with Crippen LogP contribution in [-0.4, -0.2) is 36.4 Å². The van der Waals surface area contributed by atoms with Crippen LogP contribution in [0.25, 0.3) is 0 Å². The summed E-state index contributed by atoms with van der Waals surface area (Å²) in [5.74, 6) is 1.04. The van der Waals surface area contributed by atoms with Gasteiger partial charge in [-0.05, 0) is 25.2 Å². The number of hydrogen-bond donors (Lipinski definition) is 0. The minimum Gasteiger partial charge on any atom is -0.212 e. The first-order valence-corrected chi connectivity index (χ1v) is 9.92. The second-order valence-electron chi connectivity index (χ2n) is 5.64. The van der Waals surface area contributed by atoms with Crippen molar-refractivity contribution < 1.29 is 8.42 Å². The predicted molar refractivity (Wildman–Crippen MR) is 78.5 cm³/mol. The van der Waals surface area contributed by atoms with Gasteiger partial charge in [0, 0.05) is 17.9 Å². The van der Waals surface area contributed by atoms with Crippen molar-refractivity contribution in [3.8, 4) is 0 Å². The van der Waals surface area contributed by atoms with Gasteiger partial charge in [-0.1, -0.05) is 48.0 Å². The van der Waals surface area contributed by atoms with Gasteiger partial charge in [0.2, 0.25) is 10.0 Å². The predicted octanol–water partition coefficient (Wildman–Crippen LogP) is 3.15. The van der Waals surface area contributed by atoms with Crippen LogP contribution < -0.4 is 0 Å². The lowest BCUT2D eigenvalue weighted by Gasteiger charge is -2.30. The lowest BCUT2D eigenvalue weighted by atomic mass is 9.84. The number of hydrogen-bond acceptors (Lipinski definition) is 2. The normalized spacial score (nSPS) is 22.6. The molecule has 2 aliphatic rings. The molecule has 0 aromatic carbocycles. The van der Waals surface area contributed by atoms with Crippen molar-refractivity contribution in [3.63, 3.8) is 0 Å². The van der Waals surface area contributed by atoms with Gasteiger partial charge in [0.25, 0.3) is 0 Å². The molecular weight excluding hydrogens is 314 g/mol. The molecule has 0 saturated heterocycles. The van der Waals surface area contributed by atoms with Crippen molar-refractivity contribution in [2.75, 3.05) is 17.6 Å². The summed E-state index contributed by atoms with van der Waals surface area (Å²) in [6.45, 7) is 0.637. The quantitative estimate of drug-likeness (QED) is 0.669. The van der Waals surface area contributed by atoms with E-state index in [0.717, 1.165) is 24.6 Å². The van der Waals surface area contributed by atoms with Crippen LogP contribution in [0.5, 0.6) is 0 Å². The summed E-state index contributed by atoms with van der Waals surface area (Å²) in [5.41, 5.74) is 0. The van der Waals surface area contributed by atoms with Gasteiger partial charge in [0.15, 0.2) is 0 Å². The highest BCUT2D eigenvalue weighted by atomic mass is 79.9. The minimum absolute atomic E-state index is 0.272. The number of rotatable bonds is 7. The van der Waals surface area contributed by atoms with Gasteiger partial charge in [-0.15, -0.1) is 0 Å². The summed E-state index contributed by atoms with van der Waals surface area (Å²) < 4.78 is 26.7. The van der Waals surface area contributed by atoms with Crippen LogP contribution in [0.3, 0.4) is 0 Å². The summed E-state index contributed by atoms with van der Waals surface area (Å²) in [6.07, 6.45) is 9.09. The molecule has 0 amide bonds. The van der Waals surface area contributed by atoms with Gasteiger partial charge in [0.05, 0.1) is 5.75 Å². The highest BCUT2D eigenvalue weighted by Gasteiger charge is 2.32. The van der Waals surface area contributed by atoms with Crippen LogP contribution in [0.2, 0.25) is 0 Å². The molecule has 0 radical (unpaired) electrons. The number of halogens is 1. The Labute approximate surface area is 119 Å². The Morgan fingerprint density at radius 1 is 1.06 bits per heavy atom. The molecule has 0 N–H and O–H groups in total. The molecular formula is C13H24BrNO2S. The van der Waals surface area contributed by atoms with Crippen LogP contribution >= 0.6 is 15.9 Å². The molecule has 18 heavy (non-hydrogen) atoms. The Kier molecular flexibility index (Phi) is 5.51. The average Bonchev–Trinajstić information content (AvgIpc) is 2.76. The van der Waals surface area contributed by atoms with Crippen LogP contribution in [0, 0.1) is 5.92 Å². The number of sulfonamides is 1. The van der Waals surface area contributed by atoms with Crippen LogP contribution in [0.4, 0.5) is 0 Å². The zero-order valence-electron chi connectivity index (χ0n) is 11.0. The van der Waals surface area contributed by atoms with Crippen LogP contribution in [0.1, 0.15) is 51.4 Å². The van der Waals surface area contributed by atoms with Crippen LogP contribution in [-0.2, 0) is 10.0 Å². The molecule has 0 aromatic rings. The largest absolute Gasteiger partial charge is 0.214 e. The van der Waals surface area contributed by atoms with Gasteiger partial charge in [-0.2, -0.15) is 4.31 Å². The maximum atomic E-state index is 12.5. The highest BCUT2D eigenvalue weighted by Crippen LogP contribution is 2.31. The second-order valence-corrected chi connectivity index (χ2v) is 8.47. The first-order chi connectivity index (χ1) is 8.63. The fourth-order valence-electron chi connectivity index (χ4n) is 3.04. The fraction of sp³-hybridized carbons (Fsp3) is 1.00. The minimum atomic E-state index is -3.04. The lowest BCUT2D eigenvalue weighted by molar-refractivity contribution is 0.299. The number of nitrogens with zero attached hydrogens (tertiary/aromatic N) is 1. The van der Waals surface area contributed by atoms with Crippen molar-refractivity contribution >= 4 is 26.0 Å². The van der Waals surface area contributed by atoms with Crippen LogP contribution in [0.15, 0.2) is 0 Å². The summed E-state index contributed by atoms with van der Waals surface area (Å²) in [7, 11) is -3.04. The van der Waals surface area contributed by atoms with E-state index in [1.54, 1.807) is 4.31 Å². The van der Waals surface area contributed by atoms with E-state index in [0.29, 0.717) is 18.2 Å². The Hall–Kier alpha value is 0.390. The maximum Gasteiger partial charge on any atom is 0.214 e. The smallest absolute Gasteiger partial charge is 0.212 e. The Balaban J connectivity index is 1.93. The molecule has 0 aromatic heterocycles. The van der Waals surface area contributed by atoms with Crippen molar-refractivity contribution in [1.29, 1.82) is 0 Å². The third-order valence-electron chi connectivity index (χ3n) is 4.40. The maximum absolute atomic E-state index is 12.5. The average molecular weight is 338 g/mol. The SMILES string of the molecule is O=S(=O)(CCC1CCC1)N(CCBr)C1CCCC1. The van der Waals surface area contributed by atoms with Crippen molar-refractivity contribution in [3.05, 3.63) is 0 Å². The molecule has 2 rings (SSSR count). The van der Waals surface area contributed by atoms with Gasteiger partial charge in [-0.25, -0.2) is 8.42 Å². The van der Waals surface area contributed by atoms with E-state index in [4.69, 9.17) is 0 Å². The third-order valence-corrected chi connectivity index (χ3v) is 6.70. The number of alkyl halides is 1. The van der Waals surface area contributed by atoms with Gasteiger partial charge >= 0.3 is 0 Å².